The zero-order valence-corrected chi connectivity index (χ0v) is 30.8. The normalized spacial score (nSPS) is 11.3. The van der Waals surface area contributed by atoms with E-state index in [1.165, 1.54) is 6.92 Å². The zero-order valence-electron chi connectivity index (χ0n) is 30.8. The van der Waals surface area contributed by atoms with Gasteiger partial charge in [0.1, 0.15) is 29.5 Å². The van der Waals surface area contributed by atoms with E-state index in [1.54, 1.807) is 13.2 Å². The highest BCUT2D eigenvalue weighted by Crippen LogP contribution is 2.23. The highest BCUT2D eigenvalue weighted by molar-refractivity contribution is 5.80. The third kappa shape index (κ3) is 40.7. The van der Waals surface area contributed by atoms with Crippen molar-refractivity contribution in [2.45, 2.75) is 200 Å². The molecule has 0 saturated heterocycles. The van der Waals surface area contributed by atoms with E-state index < -0.39 is 24.1 Å². The van der Waals surface area contributed by atoms with E-state index in [2.05, 4.69) is 19.7 Å². The number of Topliss-reactive ketones (excluding diaryl/α,β-unsaturated/α-hetero) is 2. The molecule has 0 aromatic heterocycles. The number of hydrogen-bond donors (Lipinski definition) is 0. The van der Waals surface area contributed by atoms with Gasteiger partial charge < -0.3 is 18.9 Å². The number of methoxy groups -OCH3 is 1. The molecule has 343 valence electrons. The quantitative estimate of drug-likeness (QED) is 0.0306. The van der Waals surface area contributed by atoms with Gasteiger partial charge >= 0.3 is 11.9 Å². The molecule has 0 aliphatic rings. The summed E-state index contributed by atoms with van der Waals surface area (Å²) in [7, 11) is 1.60. The smallest absolute Gasteiger partial charge is 0.309 e. The van der Waals surface area contributed by atoms with Crippen molar-refractivity contribution >= 4 is 31.9 Å². The summed E-state index contributed by atoms with van der Waals surface area (Å²) in [5.74, 6) is -0.345. The Balaban J connectivity index is -0.000000300. The maximum Gasteiger partial charge on any atom is 0.309 e. The number of ketones is 2. The van der Waals surface area contributed by atoms with Crippen LogP contribution in [-0.4, -0.2) is 63.9 Å². The fraction of sp³-hybridized carbons (Fsp3) is 0.673. The molecule has 0 saturated carbocycles. The van der Waals surface area contributed by atoms with Gasteiger partial charge in [-0.2, -0.15) is 0 Å². The molecule has 0 amide bonds. The Kier molecular flexibility index (Phi) is 64.6. The third-order valence-electron chi connectivity index (χ3n) is 8.37. The maximum absolute atomic E-state index is 13.3. The number of carbonyl (C=O) groups excluding carboxylic acids is 4. The van der Waals surface area contributed by atoms with Crippen molar-refractivity contribution in [1.29, 1.82) is 0 Å². The molecule has 1 aromatic rings. The predicted molar refractivity (Wildman–Crippen MR) is 257 cm³/mol. The van der Waals surface area contributed by atoms with Crippen LogP contribution in [0.15, 0.2) is 68.3 Å². The largest absolute Gasteiger partial charge is 0.493 e. The van der Waals surface area contributed by atoms with Gasteiger partial charge in [0.25, 0.3) is 0 Å². The molecular weight excluding hydrogens is 727 g/mol. The van der Waals surface area contributed by atoms with E-state index in [9.17, 15) is 19.2 Å². The zero-order chi connectivity index (χ0) is 36.1. The Morgan fingerprint density at radius 3 is 1.62 bits per heavy atom. The summed E-state index contributed by atoms with van der Waals surface area (Å²) in [5.41, 5.74) is 0. The first kappa shape index (κ1) is 75.4. The average Bonchev–Trinajstić information content (AvgIpc) is 3.06. The number of para-hydroxylation sites is 1. The third-order valence-corrected chi connectivity index (χ3v) is 8.37. The molecule has 1 aromatic carbocycles. The Bertz CT molecular complexity index is 1110. The topological polar surface area (TPSA) is 105 Å². The predicted octanol–water partition coefficient (Wildman–Crippen LogP) is 14.2. The highest BCUT2D eigenvalue weighted by Gasteiger charge is 2.26. The molecule has 0 aliphatic carbocycles. The number of allylic oxidation sites excluding steroid dienone is 3. The van der Waals surface area contributed by atoms with Gasteiger partial charge in [0.2, 0.25) is 0 Å². The van der Waals surface area contributed by atoms with Crippen molar-refractivity contribution in [3.05, 3.63) is 68.3 Å². The summed E-state index contributed by atoms with van der Waals surface area (Å²) in [6.07, 6.45) is 15.0. The number of carbonyl (C=O) groups is 4. The van der Waals surface area contributed by atoms with E-state index in [0.29, 0.717) is 32.3 Å². The molecule has 0 aliphatic heterocycles. The molecule has 8 nitrogen and oxygen atoms in total. The van der Waals surface area contributed by atoms with Crippen LogP contribution < -0.4 is 4.74 Å². The van der Waals surface area contributed by atoms with Crippen LogP contribution in [0.3, 0.4) is 0 Å². The second kappa shape index (κ2) is 49.7. The number of esters is 2. The number of rotatable bonds is 32. The van der Waals surface area contributed by atoms with Gasteiger partial charge in [0.15, 0.2) is 0 Å². The minimum absolute atomic E-state index is 0. The second-order valence-corrected chi connectivity index (χ2v) is 12.9. The van der Waals surface area contributed by atoms with Gasteiger partial charge in [0, 0.05) is 49.1 Å². The number of unbranched alkanes of at least 4 members (excludes halogenated alkanes) is 6. The van der Waals surface area contributed by atoms with E-state index in [-0.39, 0.29) is 125 Å². The summed E-state index contributed by atoms with van der Waals surface area (Å²) in [6, 6.07) is 9.52. The summed E-state index contributed by atoms with van der Waals surface area (Å²) < 4.78 is 22.9. The van der Waals surface area contributed by atoms with Gasteiger partial charge in [-0.15, -0.1) is 19.7 Å². The lowest BCUT2D eigenvalue weighted by Gasteiger charge is -2.22. The van der Waals surface area contributed by atoms with E-state index in [1.807, 2.05) is 42.5 Å². The average molecular weight is 825 g/mol. The van der Waals surface area contributed by atoms with Gasteiger partial charge in [0.05, 0.1) is 19.1 Å². The molecule has 0 spiro atoms. The molecule has 0 fully saturated rings. The Morgan fingerprint density at radius 2 is 1.09 bits per heavy atom. The molecular formula is C49H96BO8. The first-order valence-corrected chi connectivity index (χ1v) is 18.1. The molecule has 9 heteroatoms. The van der Waals surface area contributed by atoms with Crippen molar-refractivity contribution in [1.82, 2.24) is 0 Å². The summed E-state index contributed by atoms with van der Waals surface area (Å²) in [5, 5.41) is 0. The Hall–Kier alpha value is -3.46. The monoisotopic (exact) mass is 825 g/mol. The minimum atomic E-state index is -0.653. The first-order chi connectivity index (χ1) is 23.7. The molecule has 0 bridgehead atoms. The Labute approximate surface area is 364 Å². The van der Waals surface area contributed by atoms with Crippen LogP contribution in [0.2, 0.25) is 0 Å². The Morgan fingerprint density at radius 1 is 0.586 bits per heavy atom. The van der Waals surface area contributed by atoms with E-state index >= 15 is 0 Å². The lowest BCUT2D eigenvalue weighted by Crippen LogP contribution is -2.28. The molecule has 0 N–H and O–H groups in total. The van der Waals surface area contributed by atoms with Gasteiger partial charge in [-0.25, -0.2) is 0 Å². The van der Waals surface area contributed by atoms with Crippen LogP contribution in [0.25, 0.3) is 0 Å². The molecule has 3 radical (unpaired) electrons. The van der Waals surface area contributed by atoms with Gasteiger partial charge in [-0.3, -0.25) is 19.2 Å². The van der Waals surface area contributed by atoms with Crippen LogP contribution in [0.1, 0.15) is 183 Å². The molecule has 0 heterocycles. The lowest BCUT2D eigenvalue weighted by atomic mass is 9.90. The molecule has 4 unspecified atom stereocenters. The SMILES string of the molecule is C.C.C.C.C.C.C.C.C=CCCCCCCC(CC(=O)CC(CCOc1ccccc1)OC)CC(=O)OC(CCCCC=C)CC(=O)OC(CCC=C)CC(C)=O.[2HH].[B]. The number of benzene rings is 1. The second-order valence-electron chi connectivity index (χ2n) is 12.9. The van der Waals surface area contributed by atoms with Crippen LogP contribution >= 0.6 is 0 Å². The van der Waals surface area contributed by atoms with Crippen molar-refractivity contribution in [2.75, 3.05) is 13.7 Å². The summed E-state index contributed by atoms with van der Waals surface area (Å²) in [6.45, 7) is 13.2. The van der Waals surface area contributed by atoms with Crippen LogP contribution in [0.5, 0.6) is 5.75 Å². The fourth-order valence-electron chi connectivity index (χ4n) is 5.72. The highest BCUT2D eigenvalue weighted by atomic mass is 16.6. The number of ether oxygens (including phenoxy) is 4. The molecule has 58 heavy (non-hydrogen) atoms. The minimum Gasteiger partial charge on any atom is -0.493 e. The van der Waals surface area contributed by atoms with Gasteiger partial charge in [-0.05, 0) is 82.8 Å². The van der Waals surface area contributed by atoms with E-state index in [0.717, 1.165) is 63.5 Å². The van der Waals surface area contributed by atoms with Gasteiger partial charge in [-0.1, -0.05) is 115 Å². The molecule has 1 rings (SSSR count). The summed E-state index contributed by atoms with van der Waals surface area (Å²) in [4.78, 5) is 51.3. The standard InChI is InChI=1S/C41H62O8.8CH4.B.H2/c1-6-9-12-14-15-17-21-34(29-35(43)31-37(46-5)26-27-47-36-23-19-16-20-24-36)30-40(44)49-39(25-18-13-10-7-2)32-41(45)48-38(22-11-8-3)28-33(4)42;;;;;;;;;;/h6-8,16,19-20,23-24,34,37-39H,1-3,9-15,17-18,21-22,25-32H2,4-5H3;8*1H4;;1H/i;;;;;;;;;;1+1. The lowest BCUT2D eigenvalue weighted by molar-refractivity contribution is -0.159. The van der Waals surface area contributed by atoms with Crippen molar-refractivity contribution in [2.24, 2.45) is 5.92 Å². The van der Waals surface area contributed by atoms with E-state index in [4.69, 9.17) is 18.9 Å². The molecule has 4 atom stereocenters. The maximum atomic E-state index is 13.3. The van der Waals surface area contributed by atoms with Crippen LogP contribution in [0.4, 0.5) is 0 Å². The first-order valence-electron chi connectivity index (χ1n) is 18.1. The number of hydrogen-bond acceptors (Lipinski definition) is 8. The van der Waals surface area contributed by atoms with Crippen molar-refractivity contribution < 1.29 is 39.6 Å². The summed E-state index contributed by atoms with van der Waals surface area (Å²) >= 11 is 0. The van der Waals surface area contributed by atoms with Crippen molar-refractivity contribution in [3.63, 3.8) is 0 Å². The van der Waals surface area contributed by atoms with Crippen molar-refractivity contribution in [3.8, 4) is 5.75 Å². The van der Waals surface area contributed by atoms with Crippen LogP contribution in [-0.2, 0) is 33.4 Å². The van der Waals surface area contributed by atoms with Crippen LogP contribution in [0, 0.1) is 5.92 Å². The fourth-order valence-corrected chi connectivity index (χ4v) is 5.72.